The fourth-order valence-corrected chi connectivity index (χ4v) is 3.48. The summed E-state index contributed by atoms with van der Waals surface area (Å²) in [5.74, 6) is -0.307. The molecule has 2 aromatic carbocycles. The minimum Gasteiger partial charge on any atom is -0.485 e. The molecule has 0 saturated carbocycles. The Balaban J connectivity index is 1.43. The van der Waals surface area contributed by atoms with Crippen molar-refractivity contribution in [2.24, 2.45) is 0 Å². The minimum atomic E-state index is -0.931. The third-order valence-electron chi connectivity index (χ3n) is 4.93. The number of hydrogen-bond donors (Lipinski definition) is 0. The first kappa shape index (κ1) is 19.7. The third kappa shape index (κ3) is 3.78. The van der Waals surface area contributed by atoms with Crippen molar-refractivity contribution >= 4 is 11.8 Å². The SMILES string of the molecule is Cc1cc(C(=O)COC(=O)C2COc3ccccc3O2)c(C)n1-c1ccc(F)cc1. The van der Waals surface area contributed by atoms with Crippen LogP contribution < -0.4 is 9.47 Å². The first-order valence-corrected chi connectivity index (χ1v) is 9.47. The number of para-hydroxylation sites is 2. The van der Waals surface area contributed by atoms with E-state index in [1.165, 1.54) is 12.1 Å². The number of carbonyl (C=O) groups is 2. The number of esters is 1. The van der Waals surface area contributed by atoms with Gasteiger partial charge < -0.3 is 18.8 Å². The second-order valence-electron chi connectivity index (χ2n) is 6.99. The van der Waals surface area contributed by atoms with Crippen molar-refractivity contribution in [3.63, 3.8) is 0 Å². The highest BCUT2D eigenvalue weighted by Crippen LogP contribution is 2.31. The number of halogens is 1. The van der Waals surface area contributed by atoms with E-state index < -0.39 is 18.7 Å². The van der Waals surface area contributed by atoms with Crippen molar-refractivity contribution in [3.8, 4) is 17.2 Å². The summed E-state index contributed by atoms with van der Waals surface area (Å²) in [6.07, 6.45) is -0.931. The van der Waals surface area contributed by atoms with Gasteiger partial charge in [-0.25, -0.2) is 9.18 Å². The molecule has 0 saturated heterocycles. The lowest BCUT2D eigenvalue weighted by Crippen LogP contribution is -2.38. The molecule has 0 radical (unpaired) electrons. The van der Waals surface area contributed by atoms with Crippen LogP contribution in [0.25, 0.3) is 5.69 Å². The van der Waals surface area contributed by atoms with E-state index in [4.69, 9.17) is 14.2 Å². The van der Waals surface area contributed by atoms with Gasteiger partial charge in [-0.2, -0.15) is 0 Å². The molecule has 4 rings (SSSR count). The van der Waals surface area contributed by atoms with Gasteiger partial charge >= 0.3 is 5.97 Å². The molecule has 6 nitrogen and oxygen atoms in total. The van der Waals surface area contributed by atoms with Crippen LogP contribution in [0.15, 0.2) is 54.6 Å². The zero-order valence-corrected chi connectivity index (χ0v) is 16.6. The van der Waals surface area contributed by atoms with Gasteiger partial charge in [-0.3, -0.25) is 4.79 Å². The van der Waals surface area contributed by atoms with Crippen LogP contribution in [-0.2, 0) is 9.53 Å². The molecule has 2 heterocycles. The zero-order valence-electron chi connectivity index (χ0n) is 16.6. The normalized spacial score (nSPS) is 15.0. The molecule has 0 amide bonds. The number of nitrogens with zero attached hydrogens (tertiary/aromatic N) is 1. The van der Waals surface area contributed by atoms with Crippen LogP contribution in [0.4, 0.5) is 4.39 Å². The topological polar surface area (TPSA) is 66.8 Å². The molecule has 1 aliphatic rings. The number of rotatable bonds is 5. The van der Waals surface area contributed by atoms with Crippen LogP contribution in [0, 0.1) is 19.7 Å². The first-order chi connectivity index (χ1) is 14.4. The lowest BCUT2D eigenvalue weighted by Gasteiger charge is -2.24. The molecule has 0 fully saturated rings. The number of hydrogen-bond acceptors (Lipinski definition) is 5. The van der Waals surface area contributed by atoms with Crippen molar-refractivity contribution in [2.45, 2.75) is 20.0 Å². The molecule has 30 heavy (non-hydrogen) atoms. The highest BCUT2D eigenvalue weighted by molar-refractivity contribution is 5.99. The number of aromatic nitrogens is 1. The second-order valence-corrected chi connectivity index (χ2v) is 6.99. The zero-order chi connectivity index (χ0) is 21.3. The Morgan fingerprint density at radius 1 is 1.10 bits per heavy atom. The number of ketones is 1. The smallest absolute Gasteiger partial charge is 0.351 e. The van der Waals surface area contributed by atoms with Crippen LogP contribution in [0.1, 0.15) is 21.7 Å². The number of ether oxygens (including phenoxy) is 3. The number of carbonyl (C=O) groups excluding carboxylic acids is 2. The Kier molecular flexibility index (Phi) is 5.27. The Hall–Kier alpha value is -3.61. The van der Waals surface area contributed by atoms with Gasteiger partial charge in [-0.15, -0.1) is 0 Å². The maximum atomic E-state index is 13.2. The first-order valence-electron chi connectivity index (χ1n) is 9.47. The van der Waals surface area contributed by atoms with Crippen molar-refractivity contribution in [1.82, 2.24) is 4.57 Å². The predicted molar refractivity (Wildman–Crippen MR) is 107 cm³/mol. The second kappa shape index (κ2) is 8.02. The van der Waals surface area contributed by atoms with Gasteiger partial charge in [0.1, 0.15) is 12.4 Å². The van der Waals surface area contributed by atoms with Gasteiger partial charge in [0.15, 0.2) is 18.1 Å². The Labute approximate surface area is 172 Å². The summed E-state index contributed by atoms with van der Waals surface area (Å²) >= 11 is 0. The Morgan fingerprint density at radius 3 is 2.53 bits per heavy atom. The fraction of sp³-hybridized carbons (Fsp3) is 0.217. The number of benzene rings is 2. The van der Waals surface area contributed by atoms with E-state index in [9.17, 15) is 14.0 Å². The predicted octanol–water partition coefficient (Wildman–Crippen LogP) is 3.80. The van der Waals surface area contributed by atoms with E-state index in [-0.39, 0.29) is 18.2 Å². The van der Waals surface area contributed by atoms with Gasteiger partial charge in [0.05, 0.1) is 0 Å². The molecule has 3 aromatic rings. The summed E-state index contributed by atoms with van der Waals surface area (Å²) in [6, 6.07) is 14.8. The van der Waals surface area contributed by atoms with E-state index in [1.54, 1.807) is 43.3 Å². The van der Waals surface area contributed by atoms with Crippen LogP contribution in [-0.4, -0.2) is 35.6 Å². The lowest BCUT2D eigenvalue weighted by atomic mass is 10.1. The monoisotopic (exact) mass is 409 g/mol. The molecule has 7 heteroatoms. The third-order valence-corrected chi connectivity index (χ3v) is 4.93. The van der Waals surface area contributed by atoms with Gasteiger partial charge in [-0.05, 0) is 56.3 Å². The molecular formula is C23H20FNO5. The van der Waals surface area contributed by atoms with Crippen molar-refractivity contribution in [3.05, 3.63) is 77.4 Å². The largest absolute Gasteiger partial charge is 0.485 e. The number of Topliss-reactive ketones (excluding diaryl/α,β-unsaturated/α-hetero) is 1. The summed E-state index contributed by atoms with van der Waals surface area (Å²) in [4.78, 5) is 25.0. The summed E-state index contributed by atoms with van der Waals surface area (Å²) < 4.78 is 31.4. The lowest BCUT2D eigenvalue weighted by molar-refractivity contribution is -0.153. The highest BCUT2D eigenvalue weighted by atomic mass is 19.1. The van der Waals surface area contributed by atoms with Gasteiger partial charge in [0.2, 0.25) is 11.9 Å². The maximum Gasteiger partial charge on any atom is 0.351 e. The molecule has 0 N–H and O–H groups in total. The van der Waals surface area contributed by atoms with Crippen LogP contribution in [0.3, 0.4) is 0 Å². The molecule has 1 aromatic heterocycles. The summed E-state index contributed by atoms with van der Waals surface area (Å²) in [5, 5.41) is 0. The van der Waals surface area contributed by atoms with E-state index in [0.29, 0.717) is 22.8 Å². The molecule has 154 valence electrons. The van der Waals surface area contributed by atoms with Crippen LogP contribution in [0.2, 0.25) is 0 Å². The fourth-order valence-electron chi connectivity index (χ4n) is 3.48. The van der Waals surface area contributed by atoms with E-state index in [2.05, 4.69) is 0 Å². The van der Waals surface area contributed by atoms with Crippen molar-refractivity contribution in [2.75, 3.05) is 13.2 Å². The summed E-state index contributed by atoms with van der Waals surface area (Å²) in [6.45, 7) is 3.25. The molecule has 0 bridgehead atoms. The average Bonchev–Trinajstić information content (AvgIpc) is 3.06. The van der Waals surface area contributed by atoms with Gasteiger partial charge in [0.25, 0.3) is 0 Å². The van der Waals surface area contributed by atoms with Gasteiger partial charge in [-0.1, -0.05) is 12.1 Å². The van der Waals surface area contributed by atoms with Crippen LogP contribution in [0.5, 0.6) is 11.5 Å². The molecule has 1 aliphatic heterocycles. The molecule has 1 atom stereocenters. The summed E-state index contributed by atoms with van der Waals surface area (Å²) in [5.41, 5.74) is 2.69. The maximum absolute atomic E-state index is 13.2. The summed E-state index contributed by atoms with van der Waals surface area (Å²) in [7, 11) is 0. The van der Waals surface area contributed by atoms with Crippen molar-refractivity contribution in [1.29, 1.82) is 0 Å². The van der Waals surface area contributed by atoms with Crippen molar-refractivity contribution < 1.29 is 28.2 Å². The Morgan fingerprint density at radius 2 is 1.80 bits per heavy atom. The number of fused-ring (bicyclic) bond motifs is 1. The van der Waals surface area contributed by atoms with Crippen LogP contribution >= 0.6 is 0 Å². The molecule has 0 spiro atoms. The molecule has 0 aliphatic carbocycles. The molecule has 1 unspecified atom stereocenters. The number of aryl methyl sites for hydroxylation is 1. The highest BCUT2D eigenvalue weighted by Gasteiger charge is 2.29. The average molecular weight is 409 g/mol. The minimum absolute atomic E-state index is 0.0170. The molecular weight excluding hydrogens is 389 g/mol. The van der Waals surface area contributed by atoms with E-state index in [0.717, 1.165) is 11.4 Å². The standard InChI is InChI=1S/C23H20FNO5/c1-14-11-18(15(2)25(14)17-9-7-16(24)8-10-17)19(26)12-29-23(27)22-13-28-20-5-3-4-6-21(20)30-22/h3-11,22H,12-13H2,1-2H3. The van der Waals surface area contributed by atoms with Gasteiger partial charge in [0, 0.05) is 22.6 Å². The Bertz CT molecular complexity index is 1100. The van der Waals surface area contributed by atoms with E-state index in [1.807, 2.05) is 17.6 Å². The quantitative estimate of drug-likeness (QED) is 0.474. The van der Waals surface area contributed by atoms with E-state index >= 15 is 0 Å².